The fourth-order valence-corrected chi connectivity index (χ4v) is 2.44. The van der Waals surface area contributed by atoms with Crippen LogP contribution in [-0.2, 0) is 0 Å². The lowest BCUT2D eigenvalue weighted by molar-refractivity contribution is 0.205. The van der Waals surface area contributed by atoms with Gasteiger partial charge in [0.15, 0.2) is 0 Å². The van der Waals surface area contributed by atoms with Crippen LogP contribution < -0.4 is 5.32 Å². The molecule has 0 aliphatic heterocycles. The van der Waals surface area contributed by atoms with E-state index in [4.69, 9.17) is 0 Å². The fraction of sp³-hybridized carbons (Fsp3) is 1.00. The number of rotatable bonds is 10. The van der Waals surface area contributed by atoms with Crippen molar-refractivity contribution in [3.05, 3.63) is 0 Å². The Morgan fingerprint density at radius 2 is 1.63 bits per heavy atom. The van der Waals surface area contributed by atoms with Crippen LogP contribution in [0.1, 0.15) is 47.5 Å². The lowest BCUT2D eigenvalue weighted by atomic mass is 9.84. The summed E-state index contributed by atoms with van der Waals surface area (Å²) in [5.41, 5.74) is 0.346. The molecule has 0 aromatic rings. The molecule has 19 heavy (non-hydrogen) atoms. The average Bonchev–Trinajstić information content (AvgIpc) is 2.29. The fourth-order valence-electron chi connectivity index (χ4n) is 2.44. The largest absolute Gasteiger partial charge is 0.314 e. The minimum atomic E-state index is 0.346. The molecule has 116 valence electrons. The quantitative estimate of drug-likeness (QED) is 0.659. The molecule has 0 aliphatic carbocycles. The van der Waals surface area contributed by atoms with Crippen LogP contribution in [0, 0.1) is 5.41 Å². The lowest BCUT2D eigenvalue weighted by Crippen LogP contribution is -2.43. The summed E-state index contributed by atoms with van der Waals surface area (Å²) in [4.78, 5) is 4.85. The topological polar surface area (TPSA) is 18.5 Å². The third-order valence-corrected chi connectivity index (χ3v) is 3.76. The van der Waals surface area contributed by atoms with Crippen LogP contribution in [0.4, 0.5) is 0 Å². The molecule has 0 radical (unpaired) electrons. The molecule has 0 aromatic heterocycles. The summed E-state index contributed by atoms with van der Waals surface area (Å²) in [6.45, 7) is 17.3. The Hall–Kier alpha value is -0.120. The second-order valence-corrected chi connectivity index (χ2v) is 6.86. The van der Waals surface area contributed by atoms with Crippen molar-refractivity contribution in [3.63, 3.8) is 0 Å². The standard InChI is InChI=1S/C16H37N3/c1-8-17-15(16(3,4)5)11-14-19(9-2)13-10-12-18(6)7/h15,17H,8-14H2,1-7H3. The molecule has 3 nitrogen and oxygen atoms in total. The maximum Gasteiger partial charge on any atom is 0.0128 e. The Morgan fingerprint density at radius 1 is 1.00 bits per heavy atom. The maximum absolute atomic E-state index is 3.64. The van der Waals surface area contributed by atoms with Crippen LogP contribution in [0.2, 0.25) is 0 Å². The summed E-state index contributed by atoms with van der Waals surface area (Å²) >= 11 is 0. The van der Waals surface area contributed by atoms with Gasteiger partial charge < -0.3 is 15.1 Å². The van der Waals surface area contributed by atoms with Crippen LogP contribution in [0.15, 0.2) is 0 Å². The Bertz CT molecular complexity index is 209. The van der Waals surface area contributed by atoms with Gasteiger partial charge in [-0.25, -0.2) is 0 Å². The van der Waals surface area contributed by atoms with Crippen molar-refractivity contribution < 1.29 is 0 Å². The van der Waals surface area contributed by atoms with E-state index in [1.54, 1.807) is 0 Å². The molecule has 0 heterocycles. The van der Waals surface area contributed by atoms with Gasteiger partial charge in [-0.15, -0.1) is 0 Å². The second kappa shape index (κ2) is 9.73. The SMILES string of the molecule is CCNC(CCN(CC)CCCN(C)C)C(C)(C)C. The maximum atomic E-state index is 3.64. The lowest BCUT2D eigenvalue weighted by Gasteiger charge is -2.33. The molecule has 0 saturated heterocycles. The molecule has 3 heteroatoms. The van der Waals surface area contributed by atoms with E-state index in [1.807, 2.05) is 0 Å². The van der Waals surface area contributed by atoms with Crippen molar-refractivity contribution >= 4 is 0 Å². The van der Waals surface area contributed by atoms with Crippen LogP contribution in [0.25, 0.3) is 0 Å². The van der Waals surface area contributed by atoms with Gasteiger partial charge in [-0.3, -0.25) is 0 Å². The second-order valence-electron chi connectivity index (χ2n) is 6.86. The smallest absolute Gasteiger partial charge is 0.0128 e. The molecule has 0 saturated carbocycles. The van der Waals surface area contributed by atoms with Crippen molar-refractivity contribution in [3.8, 4) is 0 Å². The highest BCUT2D eigenvalue weighted by Crippen LogP contribution is 2.22. The predicted molar refractivity (Wildman–Crippen MR) is 86.8 cm³/mol. The number of nitrogens with one attached hydrogen (secondary N) is 1. The molecular weight excluding hydrogens is 234 g/mol. The van der Waals surface area contributed by atoms with E-state index >= 15 is 0 Å². The van der Waals surface area contributed by atoms with Gasteiger partial charge in [-0.05, 0) is 65.1 Å². The van der Waals surface area contributed by atoms with E-state index in [1.165, 1.54) is 32.5 Å². The van der Waals surface area contributed by atoms with Gasteiger partial charge in [0, 0.05) is 6.04 Å². The summed E-state index contributed by atoms with van der Waals surface area (Å²) < 4.78 is 0. The van der Waals surface area contributed by atoms with Crippen LogP contribution >= 0.6 is 0 Å². The van der Waals surface area contributed by atoms with Crippen LogP contribution in [0.5, 0.6) is 0 Å². The first-order valence-corrected chi connectivity index (χ1v) is 7.91. The van der Waals surface area contributed by atoms with Crippen LogP contribution in [-0.4, -0.2) is 62.7 Å². The van der Waals surface area contributed by atoms with Gasteiger partial charge in [0.05, 0.1) is 0 Å². The summed E-state index contributed by atoms with van der Waals surface area (Å²) in [7, 11) is 4.30. The molecule has 0 spiro atoms. The van der Waals surface area contributed by atoms with E-state index in [9.17, 15) is 0 Å². The van der Waals surface area contributed by atoms with E-state index in [0.29, 0.717) is 11.5 Å². The van der Waals surface area contributed by atoms with Crippen molar-refractivity contribution in [2.75, 3.05) is 46.8 Å². The Kier molecular flexibility index (Phi) is 9.67. The Morgan fingerprint density at radius 3 is 2.05 bits per heavy atom. The predicted octanol–water partition coefficient (Wildman–Crippen LogP) is 2.67. The molecule has 0 bridgehead atoms. The van der Waals surface area contributed by atoms with Crippen molar-refractivity contribution in [2.24, 2.45) is 5.41 Å². The molecule has 0 rings (SSSR count). The van der Waals surface area contributed by atoms with Crippen molar-refractivity contribution in [1.82, 2.24) is 15.1 Å². The van der Waals surface area contributed by atoms with Crippen molar-refractivity contribution in [2.45, 2.75) is 53.5 Å². The average molecular weight is 271 g/mol. The first-order chi connectivity index (χ1) is 8.81. The number of hydrogen-bond acceptors (Lipinski definition) is 3. The van der Waals surface area contributed by atoms with Gasteiger partial charge in [-0.1, -0.05) is 34.6 Å². The van der Waals surface area contributed by atoms with Gasteiger partial charge >= 0.3 is 0 Å². The molecule has 1 N–H and O–H groups in total. The van der Waals surface area contributed by atoms with Gasteiger partial charge in [0.25, 0.3) is 0 Å². The molecule has 1 atom stereocenters. The zero-order chi connectivity index (χ0) is 14.9. The van der Waals surface area contributed by atoms with Crippen LogP contribution in [0.3, 0.4) is 0 Å². The monoisotopic (exact) mass is 271 g/mol. The highest BCUT2D eigenvalue weighted by atomic mass is 15.1. The molecular formula is C16H37N3. The minimum Gasteiger partial charge on any atom is -0.314 e. The minimum absolute atomic E-state index is 0.346. The van der Waals surface area contributed by atoms with Gasteiger partial charge in [0.2, 0.25) is 0 Å². The highest BCUT2D eigenvalue weighted by Gasteiger charge is 2.23. The van der Waals surface area contributed by atoms with Gasteiger partial charge in [-0.2, -0.15) is 0 Å². The van der Waals surface area contributed by atoms with Gasteiger partial charge in [0.1, 0.15) is 0 Å². The first-order valence-electron chi connectivity index (χ1n) is 7.91. The summed E-state index contributed by atoms with van der Waals surface area (Å²) in [5.74, 6) is 0. The van der Waals surface area contributed by atoms with E-state index in [-0.39, 0.29) is 0 Å². The molecule has 0 amide bonds. The van der Waals surface area contributed by atoms with E-state index in [0.717, 1.165) is 13.1 Å². The third kappa shape index (κ3) is 9.42. The normalized spacial score (nSPS) is 14.4. The molecule has 1 unspecified atom stereocenters. The summed E-state index contributed by atoms with van der Waals surface area (Å²) in [6.07, 6.45) is 2.51. The molecule has 0 aliphatic rings. The zero-order valence-electron chi connectivity index (χ0n) is 14.4. The number of nitrogens with zero attached hydrogens (tertiary/aromatic N) is 2. The van der Waals surface area contributed by atoms with E-state index in [2.05, 4.69) is 63.8 Å². The first kappa shape index (κ1) is 18.9. The zero-order valence-corrected chi connectivity index (χ0v) is 14.4. The Labute approximate surface area is 121 Å². The third-order valence-electron chi connectivity index (χ3n) is 3.76. The highest BCUT2D eigenvalue weighted by molar-refractivity contribution is 4.81. The summed E-state index contributed by atoms with van der Waals surface area (Å²) in [5, 5.41) is 3.64. The van der Waals surface area contributed by atoms with Crippen molar-refractivity contribution in [1.29, 1.82) is 0 Å². The summed E-state index contributed by atoms with van der Waals surface area (Å²) in [6, 6.07) is 0.611. The van der Waals surface area contributed by atoms with E-state index < -0.39 is 0 Å². The number of hydrogen-bond donors (Lipinski definition) is 1. The molecule has 0 aromatic carbocycles. The molecule has 0 fully saturated rings. The Balaban J connectivity index is 4.08.